The second-order valence-corrected chi connectivity index (χ2v) is 9.45. The van der Waals surface area contributed by atoms with Gasteiger partial charge < -0.3 is 15.5 Å². The van der Waals surface area contributed by atoms with E-state index in [1.165, 1.54) is 36.4 Å². The highest BCUT2D eigenvalue weighted by Crippen LogP contribution is 2.22. The third kappa shape index (κ3) is 6.08. The lowest BCUT2D eigenvalue weighted by atomic mass is 9.97. The van der Waals surface area contributed by atoms with Crippen LogP contribution in [0.4, 0.5) is 5.69 Å². The van der Waals surface area contributed by atoms with E-state index in [2.05, 4.69) is 50.2 Å². The maximum absolute atomic E-state index is 11.9. The van der Waals surface area contributed by atoms with Crippen LogP contribution >= 0.6 is 11.3 Å². The first-order valence-electron chi connectivity index (χ1n) is 11.3. The minimum atomic E-state index is 0.229. The van der Waals surface area contributed by atoms with Crippen molar-refractivity contribution >= 4 is 28.9 Å². The van der Waals surface area contributed by atoms with Crippen molar-refractivity contribution in [2.75, 3.05) is 38.1 Å². The topological polar surface area (TPSA) is 60.0 Å². The molecule has 2 fully saturated rings. The average Bonchev–Trinajstić information content (AvgIpc) is 3.47. The third-order valence-corrected chi connectivity index (χ3v) is 7.09. The van der Waals surface area contributed by atoms with E-state index in [0.29, 0.717) is 18.9 Å². The Balaban J connectivity index is 1.17. The fourth-order valence-corrected chi connectivity index (χ4v) is 5.08. The summed E-state index contributed by atoms with van der Waals surface area (Å²) in [4.78, 5) is 22.2. The Labute approximate surface area is 189 Å². The van der Waals surface area contributed by atoms with Crippen LogP contribution in [-0.4, -0.2) is 50.0 Å². The van der Waals surface area contributed by atoms with Crippen molar-refractivity contribution in [1.29, 1.82) is 0 Å². The number of benzene rings is 1. The number of carbonyl (C=O) groups excluding carboxylic acids is 1. The van der Waals surface area contributed by atoms with E-state index < -0.39 is 0 Å². The van der Waals surface area contributed by atoms with Crippen LogP contribution < -0.4 is 15.5 Å². The highest BCUT2D eigenvalue weighted by Gasteiger charge is 2.21. The van der Waals surface area contributed by atoms with Crippen molar-refractivity contribution in [2.45, 2.75) is 38.8 Å². The molecule has 4 rings (SSSR count). The normalized spacial score (nSPS) is 18.5. The van der Waals surface area contributed by atoms with E-state index in [4.69, 9.17) is 0 Å². The van der Waals surface area contributed by atoms with E-state index in [1.807, 2.05) is 35.4 Å². The van der Waals surface area contributed by atoms with Gasteiger partial charge in [-0.05, 0) is 67.4 Å². The molecule has 1 aromatic carbocycles. The summed E-state index contributed by atoms with van der Waals surface area (Å²) >= 11 is 1.85. The molecule has 166 valence electrons. The predicted molar refractivity (Wildman–Crippen MR) is 129 cm³/mol. The van der Waals surface area contributed by atoms with Crippen molar-refractivity contribution in [3.8, 4) is 0 Å². The number of nitrogens with one attached hydrogen (secondary N) is 2. The molecule has 7 heteroatoms. The summed E-state index contributed by atoms with van der Waals surface area (Å²) in [5, 5.41) is 9.07. The molecule has 2 saturated heterocycles. The summed E-state index contributed by atoms with van der Waals surface area (Å²) in [6.45, 7) is 5.94. The molecule has 0 radical (unpaired) electrons. The van der Waals surface area contributed by atoms with Crippen LogP contribution in [0.1, 0.15) is 36.1 Å². The number of likely N-dealkylation sites (tertiary alicyclic amines) is 1. The first-order valence-corrected chi connectivity index (χ1v) is 12.2. The number of amides is 1. The van der Waals surface area contributed by atoms with E-state index in [-0.39, 0.29) is 5.91 Å². The number of carbonyl (C=O) groups is 1. The zero-order chi connectivity index (χ0) is 21.5. The molecule has 0 unspecified atom stereocenters. The number of guanidine groups is 1. The summed E-state index contributed by atoms with van der Waals surface area (Å²) in [5.74, 6) is 1.77. The van der Waals surface area contributed by atoms with Gasteiger partial charge in [0.15, 0.2) is 5.96 Å². The van der Waals surface area contributed by atoms with Crippen LogP contribution in [0.15, 0.2) is 46.8 Å². The molecule has 6 nitrogen and oxygen atoms in total. The van der Waals surface area contributed by atoms with E-state index in [0.717, 1.165) is 37.7 Å². The Hall–Kier alpha value is -2.38. The summed E-state index contributed by atoms with van der Waals surface area (Å²) in [6, 6.07) is 12.6. The summed E-state index contributed by atoms with van der Waals surface area (Å²) in [5.41, 5.74) is 2.18. The first-order chi connectivity index (χ1) is 15.2. The number of piperidine rings is 1. The molecule has 0 saturated carbocycles. The number of hydrogen-bond donors (Lipinski definition) is 2. The van der Waals surface area contributed by atoms with Crippen molar-refractivity contribution in [3.05, 3.63) is 52.2 Å². The molecule has 31 heavy (non-hydrogen) atoms. The number of nitrogens with zero attached hydrogens (tertiary/aromatic N) is 3. The van der Waals surface area contributed by atoms with Crippen LogP contribution in [-0.2, 0) is 17.9 Å². The van der Waals surface area contributed by atoms with Gasteiger partial charge in [0.05, 0.1) is 0 Å². The Bertz CT molecular complexity index is 857. The maximum Gasteiger partial charge on any atom is 0.227 e. The minimum Gasteiger partial charge on any atom is -0.356 e. The molecule has 1 amide bonds. The number of rotatable bonds is 7. The van der Waals surface area contributed by atoms with Gasteiger partial charge in [0, 0.05) is 50.2 Å². The SMILES string of the molecule is CN=C(NCc1ccc(N2CCCC2=O)cc1)NCC1CCN(Cc2cccs2)CC1. The van der Waals surface area contributed by atoms with Gasteiger partial charge >= 0.3 is 0 Å². The van der Waals surface area contributed by atoms with Gasteiger partial charge in [0.25, 0.3) is 0 Å². The number of aliphatic imine (C=N–C) groups is 1. The molecule has 0 atom stereocenters. The fraction of sp³-hybridized carbons (Fsp3) is 0.500. The highest BCUT2D eigenvalue weighted by atomic mass is 32.1. The molecule has 2 aliphatic rings. The Morgan fingerprint density at radius 3 is 2.58 bits per heavy atom. The first kappa shape index (κ1) is 21.8. The second kappa shape index (κ2) is 10.8. The van der Waals surface area contributed by atoms with Crippen LogP contribution in [0.3, 0.4) is 0 Å². The summed E-state index contributed by atoms with van der Waals surface area (Å²) in [7, 11) is 1.82. The number of thiophene rings is 1. The standard InChI is InChI=1S/C24H33N5OS/c1-25-24(26-16-19-6-8-21(9-7-19)29-12-2-5-23(29)30)27-17-20-10-13-28(14-11-20)18-22-4-3-15-31-22/h3-4,6-9,15,20H,2,5,10-14,16-18H2,1H3,(H2,25,26,27). The van der Waals surface area contributed by atoms with Gasteiger partial charge in [0.2, 0.25) is 5.91 Å². The van der Waals surface area contributed by atoms with Gasteiger partial charge in [0.1, 0.15) is 0 Å². The van der Waals surface area contributed by atoms with Crippen molar-refractivity contribution in [1.82, 2.24) is 15.5 Å². The molecule has 2 N–H and O–H groups in total. The van der Waals surface area contributed by atoms with E-state index in [9.17, 15) is 4.79 Å². The van der Waals surface area contributed by atoms with Crippen LogP contribution in [0.5, 0.6) is 0 Å². The van der Waals surface area contributed by atoms with Crippen molar-refractivity contribution in [3.63, 3.8) is 0 Å². The van der Waals surface area contributed by atoms with Gasteiger partial charge in [-0.15, -0.1) is 11.3 Å². The molecular formula is C24H33N5OS. The number of anilines is 1. The van der Waals surface area contributed by atoms with E-state index >= 15 is 0 Å². The number of hydrogen-bond acceptors (Lipinski definition) is 4. The molecular weight excluding hydrogens is 406 g/mol. The second-order valence-electron chi connectivity index (χ2n) is 8.42. The molecule has 3 heterocycles. The van der Waals surface area contributed by atoms with Crippen molar-refractivity contribution in [2.24, 2.45) is 10.9 Å². The van der Waals surface area contributed by atoms with E-state index in [1.54, 1.807) is 0 Å². The molecule has 2 aromatic rings. The van der Waals surface area contributed by atoms with Crippen molar-refractivity contribution < 1.29 is 4.79 Å². The Morgan fingerprint density at radius 1 is 1.13 bits per heavy atom. The monoisotopic (exact) mass is 439 g/mol. The van der Waals surface area contributed by atoms with Crippen LogP contribution in [0, 0.1) is 5.92 Å². The van der Waals surface area contributed by atoms with Crippen LogP contribution in [0.25, 0.3) is 0 Å². The largest absolute Gasteiger partial charge is 0.356 e. The molecule has 0 bridgehead atoms. The lowest BCUT2D eigenvalue weighted by Crippen LogP contribution is -2.42. The summed E-state index contributed by atoms with van der Waals surface area (Å²) < 4.78 is 0. The van der Waals surface area contributed by atoms with Gasteiger partial charge in [-0.2, -0.15) is 0 Å². The third-order valence-electron chi connectivity index (χ3n) is 6.23. The van der Waals surface area contributed by atoms with Gasteiger partial charge in [-0.25, -0.2) is 0 Å². The molecule has 0 spiro atoms. The minimum absolute atomic E-state index is 0.229. The smallest absolute Gasteiger partial charge is 0.227 e. The fourth-order valence-electron chi connectivity index (χ4n) is 4.33. The summed E-state index contributed by atoms with van der Waals surface area (Å²) in [6.07, 6.45) is 4.08. The lowest BCUT2D eigenvalue weighted by molar-refractivity contribution is -0.117. The Kier molecular flexibility index (Phi) is 7.59. The zero-order valence-corrected chi connectivity index (χ0v) is 19.2. The Morgan fingerprint density at radius 2 is 1.94 bits per heavy atom. The average molecular weight is 440 g/mol. The lowest BCUT2D eigenvalue weighted by Gasteiger charge is -2.32. The zero-order valence-electron chi connectivity index (χ0n) is 18.3. The predicted octanol–water partition coefficient (Wildman–Crippen LogP) is 3.45. The molecule has 0 aliphatic carbocycles. The molecule has 2 aliphatic heterocycles. The van der Waals surface area contributed by atoms with Gasteiger partial charge in [-0.3, -0.25) is 14.7 Å². The van der Waals surface area contributed by atoms with Crippen LogP contribution in [0.2, 0.25) is 0 Å². The highest BCUT2D eigenvalue weighted by molar-refractivity contribution is 7.09. The van der Waals surface area contributed by atoms with Gasteiger partial charge in [-0.1, -0.05) is 18.2 Å². The maximum atomic E-state index is 11.9. The quantitative estimate of drug-likeness (QED) is 0.512. The molecule has 1 aromatic heterocycles.